The maximum atomic E-state index is 9.32. The Bertz CT molecular complexity index is 868. The minimum absolute atomic E-state index is 0.0128. The molecule has 3 aromatic rings. The molecule has 0 N–H and O–H groups in total. The smallest absolute Gasteiger partial charge is 0.159 e. The number of nitrogens with zero attached hydrogens (tertiary/aromatic N) is 4. The zero-order chi connectivity index (χ0) is 16.9. The van der Waals surface area contributed by atoms with Crippen LogP contribution in [0.15, 0.2) is 55.1 Å². The molecule has 2 aromatic heterocycles. The van der Waals surface area contributed by atoms with Gasteiger partial charge in [-0.3, -0.25) is 4.98 Å². The van der Waals surface area contributed by atoms with E-state index in [9.17, 15) is 5.26 Å². The highest BCUT2D eigenvalue weighted by Crippen LogP contribution is 2.26. The summed E-state index contributed by atoms with van der Waals surface area (Å²) in [4.78, 5) is 12.8. The third-order valence-corrected chi connectivity index (χ3v) is 3.39. The molecule has 118 valence electrons. The Hall–Kier alpha value is -3.26. The molecule has 0 aliphatic rings. The van der Waals surface area contributed by atoms with E-state index in [-0.39, 0.29) is 6.10 Å². The maximum absolute atomic E-state index is 9.32. The van der Waals surface area contributed by atoms with Crippen molar-refractivity contribution in [1.82, 2.24) is 15.0 Å². The third kappa shape index (κ3) is 3.39. The lowest BCUT2D eigenvalue weighted by Gasteiger charge is -2.12. The highest BCUT2D eigenvalue weighted by atomic mass is 16.5. The van der Waals surface area contributed by atoms with E-state index in [0.29, 0.717) is 17.1 Å². The Morgan fingerprint density at radius 1 is 0.958 bits per heavy atom. The number of benzene rings is 1. The van der Waals surface area contributed by atoms with Crippen molar-refractivity contribution in [3.8, 4) is 34.3 Å². The first-order chi connectivity index (χ1) is 11.7. The molecular weight excluding hydrogens is 300 g/mol. The van der Waals surface area contributed by atoms with Crippen molar-refractivity contribution in [3.05, 3.63) is 60.7 Å². The van der Waals surface area contributed by atoms with Crippen LogP contribution in [0, 0.1) is 11.3 Å². The fourth-order valence-electron chi connectivity index (χ4n) is 2.28. The molecule has 0 atom stereocenters. The number of ether oxygens (including phenoxy) is 1. The lowest BCUT2D eigenvalue weighted by atomic mass is 10.1. The second-order valence-electron chi connectivity index (χ2n) is 5.52. The quantitative estimate of drug-likeness (QED) is 0.730. The second-order valence-corrected chi connectivity index (χ2v) is 5.52. The van der Waals surface area contributed by atoms with Crippen LogP contribution in [0.5, 0.6) is 5.75 Å². The van der Waals surface area contributed by atoms with Crippen molar-refractivity contribution >= 4 is 0 Å². The molecule has 3 rings (SSSR count). The van der Waals surface area contributed by atoms with E-state index in [1.54, 1.807) is 36.9 Å². The summed E-state index contributed by atoms with van der Waals surface area (Å²) in [6.45, 7) is 3.85. The van der Waals surface area contributed by atoms with Crippen molar-refractivity contribution < 1.29 is 4.74 Å². The zero-order valence-corrected chi connectivity index (χ0v) is 13.5. The van der Waals surface area contributed by atoms with E-state index in [4.69, 9.17) is 4.74 Å². The lowest BCUT2D eigenvalue weighted by Crippen LogP contribution is -2.06. The van der Waals surface area contributed by atoms with E-state index in [1.807, 2.05) is 32.0 Å². The Morgan fingerprint density at radius 3 is 2.29 bits per heavy atom. The van der Waals surface area contributed by atoms with Gasteiger partial charge in [-0.05, 0) is 49.7 Å². The molecule has 0 aliphatic carbocycles. The van der Waals surface area contributed by atoms with Crippen LogP contribution in [-0.2, 0) is 0 Å². The molecule has 0 unspecified atom stereocenters. The van der Waals surface area contributed by atoms with Gasteiger partial charge in [0.25, 0.3) is 0 Å². The molecule has 0 fully saturated rings. The number of aromatic nitrogens is 3. The van der Waals surface area contributed by atoms with Gasteiger partial charge in [-0.2, -0.15) is 5.26 Å². The van der Waals surface area contributed by atoms with Crippen LogP contribution in [0.1, 0.15) is 19.4 Å². The zero-order valence-electron chi connectivity index (χ0n) is 13.5. The molecular formula is C19H16N4O. The van der Waals surface area contributed by atoms with E-state index in [0.717, 1.165) is 16.7 Å². The standard InChI is InChI=1S/C19H16N4O/c1-13(2)24-18-4-3-15(9-16(18)10-20)19-22-11-17(12-23-19)14-5-7-21-8-6-14/h3-9,11-13H,1-2H3. The monoisotopic (exact) mass is 316 g/mol. The van der Waals surface area contributed by atoms with Gasteiger partial charge in [0.05, 0.1) is 11.7 Å². The molecule has 0 radical (unpaired) electrons. The van der Waals surface area contributed by atoms with Crippen molar-refractivity contribution in [1.29, 1.82) is 5.26 Å². The normalized spacial score (nSPS) is 10.4. The lowest BCUT2D eigenvalue weighted by molar-refractivity contribution is 0.242. The summed E-state index contributed by atoms with van der Waals surface area (Å²) in [5.41, 5.74) is 3.18. The van der Waals surface area contributed by atoms with Crippen molar-refractivity contribution in [2.45, 2.75) is 20.0 Å². The Kier molecular flexibility index (Phi) is 4.48. The minimum atomic E-state index is 0.0128. The number of hydrogen-bond acceptors (Lipinski definition) is 5. The fraction of sp³-hybridized carbons (Fsp3) is 0.158. The van der Waals surface area contributed by atoms with Crippen LogP contribution in [0.2, 0.25) is 0 Å². The molecule has 2 heterocycles. The van der Waals surface area contributed by atoms with Gasteiger partial charge in [-0.1, -0.05) is 0 Å². The summed E-state index contributed by atoms with van der Waals surface area (Å²) in [6.07, 6.45) is 7.01. The highest BCUT2D eigenvalue weighted by Gasteiger charge is 2.10. The third-order valence-electron chi connectivity index (χ3n) is 3.39. The SMILES string of the molecule is CC(C)Oc1ccc(-c2ncc(-c3ccncc3)cn2)cc1C#N. The molecule has 5 heteroatoms. The summed E-state index contributed by atoms with van der Waals surface area (Å²) >= 11 is 0. The van der Waals surface area contributed by atoms with Gasteiger partial charge in [0, 0.05) is 35.9 Å². The van der Waals surface area contributed by atoms with Crippen LogP contribution in [0.25, 0.3) is 22.5 Å². The van der Waals surface area contributed by atoms with Crippen LogP contribution in [-0.4, -0.2) is 21.1 Å². The molecule has 1 aromatic carbocycles. The summed E-state index contributed by atoms with van der Waals surface area (Å²) < 4.78 is 5.63. The maximum Gasteiger partial charge on any atom is 0.159 e. The number of nitriles is 1. The van der Waals surface area contributed by atoms with Crippen LogP contribution < -0.4 is 4.74 Å². The number of hydrogen-bond donors (Lipinski definition) is 0. The van der Waals surface area contributed by atoms with Crippen molar-refractivity contribution in [3.63, 3.8) is 0 Å². The largest absolute Gasteiger partial charge is 0.490 e. The van der Waals surface area contributed by atoms with Gasteiger partial charge >= 0.3 is 0 Å². The van der Waals surface area contributed by atoms with Crippen molar-refractivity contribution in [2.24, 2.45) is 0 Å². The van der Waals surface area contributed by atoms with Crippen LogP contribution >= 0.6 is 0 Å². The summed E-state index contributed by atoms with van der Waals surface area (Å²) in [7, 11) is 0. The minimum Gasteiger partial charge on any atom is -0.490 e. The van der Waals surface area contributed by atoms with Gasteiger partial charge in [0.15, 0.2) is 5.82 Å². The number of pyridine rings is 1. The molecule has 0 saturated heterocycles. The van der Waals surface area contributed by atoms with Gasteiger partial charge in [-0.25, -0.2) is 9.97 Å². The first-order valence-corrected chi connectivity index (χ1v) is 7.61. The molecule has 0 amide bonds. The van der Waals surface area contributed by atoms with Gasteiger partial charge in [-0.15, -0.1) is 0 Å². The fourth-order valence-corrected chi connectivity index (χ4v) is 2.28. The topological polar surface area (TPSA) is 71.7 Å². The molecule has 24 heavy (non-hydrogen) atoms. The average Bonchev–Trinajstić information content (AvgIpc) is 2.62. The Balaban J connectivity index is 1.91. The van der Waals surface area contributed by atoms with E-state index < -0.39 is 0 Å². The van der Waals surface area contributed by atoms with E-state index >= 15 is 0 Å². The van der Waals surface area contributed by atoms with Gasteiger partial charge < -0.3 is 4.74 Å². The summed E-state index contributed by atoms with van der Waals surface area (Å²) in [6, 6.07) is 11.4. The molecule has 0 bridgehead atoms. The van der Waals surface area contributed by atoms with Crippen LogP contribution in [0.4, 0.5) is 0 Å². The predicted molar refractivity (Wildman–Crippen MR) is 91.2 cm³/mol. The first kappa shape index (κ1) is 15.6. The van der Waals surface area contributed by atoms with Gasteiger partial charge in [0.1, 0.15) is 11.8 Å². The predicted octanol–water partition coefficient (Wildman–Crippen LogP) is 3.86. The molecule has 5 nitrogen and oxygen atoms in total. The molecule has 0 aliphatic heterocycles. The van der Waals surface area contributed by atoms with Crippen molar-refractivity contribution in [2.75, 3.05) is 0 Å². The summed E-state index contributed by atoms with van der Waals surface area (Å²) in [5.74, 6) is 1.14. The average molecular weight is 316 g/mol. The second kappa shape index (κ2) is 6.88. The molecule has 0 saturated carbocycles. The first-order valence-electron chi connectivity index (χ1n) is 7.61. The summed E-state index contributed by atoms with van der Waals surface area (Å²) in [5, 5.41) is 9.32. The van der Waals surface area contributed by atoms with E-state index in [2.05, 4.69) is 21.0 Å². The van der Waals surface area contributed by atoms with E-state index in [1.165, 1.54) is 0 Å². The molecule has 0 spiro atoms. The van der Waals surface area contributed by atoms with Crippen LogP contribution in [0.3, 0.4) is 0 Å². The number of rotatable bonds is 4. The Morgan fingerprint density at radius 2 is 1.67 bits per heavy atom. The Labute approximate surface area is 140 Å². The van der Waals surface area contributed by atoms with Gasteiger partial charge in [0.2, 0.25) is 0 Å². The highest BCUT2D eigenvalue weighted by molar-refractivity contribution is 5.65.